The van der Waals surface area contributed by atoms with Gasteiger partial charge in [-0.2, -0.15) is 0 Å². The third kappa shape index (κ3) is 1.49. The van der Waals surface area contributed by atoms with Gasteiger partial charge in [-0.25, -0.2) is 0 Å². The molecule has 0 aromatic heterocycles. The minimum Gasteiger partial charge on any atom is -0.378 e. The third-order valence-electron chi connectivity index (χ3n) is 2.91. The van der Waals surface area contributed by atoms with E-state index in [-0.39, 0.29) is 11.7 Å². The van der Waals surface area contributed by atoms with Crippen LogP contribution in [0.3, 0.4) is 0 Å². The first-order valence-electron chi connectivity index (χ1n) is 4.80. The van der Waals surface area contributed by atoms with Gasteiger partial charge < -0.3 is 15.2 Å². The highest BCUT2D eigenvalue weighted by Crippen LogP contribution is 2.34. The Hall–Kier alpha value is -0.120. The molecule has 2 saturated heterocycles. The van der Waals surface area contributed by atoms with E-state index >= 15 is 0 Å². The number of hydrogen-bond acceptors (Lipinski definition) is 3. The molecular weight excluding hydrogens is 154 g/mol. The Morgan fingerprint density at radius 3 is 3.00 bits per heavy atom. The fourth-order valence-electron chi connectivity index (χ4n) is 2.17. The monoisotopic (exact) mass is 171 g/mol. The minimum absolute atomic E-state index is 0.0439. The highest BCUT2D eigenvalue weighted by Gasteiger charge is 2.40. The molecule has 2 unspecified atom stereocenters. The van der Waals surface area contributed by atoms with Gasteiger partial charge in [-0.05, 0) is 19.3 Å². The molecule has 0 aliphatic carbocycles. The zero-order valence-corrected chi connectivity index (χ0v) is 7.42. The number of rotatable bonds is 1. The first kappa shape index (κ1) is 8.48. The Balaban J connectivity index is 1.97. The molecule has 2 aliphatic rings. The first-order chi connectivity index (χ1) is 5.85. The van der Waals surface area contributed by atoms with Gasteiger partial charge in [0.15, 0.2) is 0 Å². The summed E-state index contributed by atoms with van der Waals surface area (Å²) < 4.78 is 11.3. The summed E-state index contributed by atoms with van der Waals surface area (Å²) in [6, 6.07) is 0. The smallest absolute Gasteiger partial charge is 0.0941 e. The van der Waals surface area contributed by atoms with Crippen LogP contribution in [0.1, 0.15) is 25.7 Å². The summed E-state index contributed by atoms with van der Waals surface area (Å²) in [6.45, 7) is 2.29. The molecule has 0 amide bonds. The molecule has 2 heterocycles. The molecule has 0 aromatic carbocycles. The van der Waals surface area contributed by atoms with Crippen molar-refractivity contribution in [2.24, 2.45) is 5.73 Å². The fraction of sp³-hybridized carbons (Fsp3) is 1.00. The van der Waals surface area contributed by atoms with E-state index in [9.17, 15) is 0 Å². The van der Waals surface area contributed by atoms with Crippen molar-refractivity contribution < 1.29 is 9.47 Å². The van der Waals surface area contributed by atoms with Crippen LogP contribution in [0.5, 0.6) is 0 Å². The molecule has 1 spiro atoms. The van der Waals surface area contributed by atoms with Crippen molar-refractivity contribution >= 4 is 0 Å². The Morgan fingerprint density at radius 1 is 1.42 bits per heavy atom. The van der Waals surface area contributed by atoms with Crippen LogP contribution in [0.4, 0.5) is 0 Å². The van der Waals surface area contributed by atoms with Gasteiger partial charge in [-0.1, -0.05) is 0 Å². The maximum atomic E-state index is 5.93. The van der Waals surface area contributed by atoms with E-state index in [2.05, 4.69) is 0 Å². The van der Waals surface area contributed by atoms with E-state index in [0.29, 0.717) is 6.54 Å². The van der Waals surface area contributed by atoms with Crippen LogP contribution >= 0.6 is 0 Å². The largest absolute Gasteiger partial charge is 0.378 e. The maximum absolute atomic E-state index is 5.93. The second-order valence-corrected chi connectivity index (χ2v) is 3.85. The molecule has 3 heteroatoms. The van der Waals surface area contributed by atoms with E-state index in [1.54, 1.807) is 0 Å². The molecule has 2 fully saturated rings. The van der Waals surface area contributed by atoms with Crippen LogP contribution in [-0.2, 0) is 9.47 Å². The molecule has 2 N–H and O–H groups in total. The van der Waals surface area contributed by atoms with Crippen molar-refractivity contribution in [3.05, 3.63) is 0 Å². The van der Waals surface area contributed by atoms with E-state index in [0.717, 1.165) is 32.5 Å². The van der Waals surface area contributed by atoms with Crippen molar-refractivity contribution in [3.8, 4) is 0 Å². The van der Waals surface area contributed by atoms with Crippen molar-refractivity contribution in [3.63, 3.8) is 0 Å². The van der Waals surface area contributed by atoms with E-state index in [1.807, 2.05) is 0 Å². The molecule has 0 aromatic rings. The van der Waals surface area contributed by atoms with Crippen molar-refractivity contribution in [2.45, 2.75) is 37.4 Å². The zero-order chi connectivity index (χ0) is 8.44. The molecule has 12 heavy (non-hydrogen) atoms. The Labute approximate surface area is 73.2 Å². The van der Waals surface area contributed by atoms with Gasteiger partial charge in [0.1, 0.15) is 0 Å². The summed E-state index contributed by atoms with van der Waals surface area (Å²) in [5.41, 5.74) is 5.63. The number of hydrogen-bond donors (Lipinski definition) is 1. The average molecular weight is 171 g/mol. The van der Waals surface area contributed by atoms with Gasteiger partial charge in [0.2, 0.25) is 0 Å². The van der Waals surface area contributed by atoms with Crippen molar-refractivity contribution in [2.75, 3.05) is 19.8 Å². The lowest BCUT2D eigenvalue weighted by atomic mass is 9.91. The second-order valence-electron chi connectivity index (χ2n) is 3.85. The summed E-state index contributed by atoms with van der Waals surface area (Å²) in [5, 5.41) is 0. The molecule has 0 radical (unpaired) electrons. The Bertz CT molecular complexity index is 155. The topological polar surface area (TPSA) is 44.5 Å². The zero-order valence-electron chi connectivity index (χ0n) is 7.42. The number of ether oxygens (including phenoxy) is 2. The van der Waals surface area contributed by atoms with Gasteiger partial charge in [0.05, 0.1) is 18.3 Å². The van der Waals surface area contributed by atoms with Crippen LogP contribution in [0.2, 0.25) is 0 Å². The summed E-state index contributed by atoms with van der Waals surface area (Å²) in [6.07, 6.45) is 4.86. The first-order valence-corrected chi connectivity index (χ1v) is 4.80. The van der Waals surface area contributed by atoms with E-state index in [4.69, 9.17) is 15.2 Å². The predicted octanol–water partition coefficient (Wildman–Crippen LogP) is 0.673. The van der Waals surface area contributed by atoms with Gasteiger partial charge in [0.25, 0.3) is 0 Å². The lowest BCUT2D eigenvalue weighted by Crippen LogP contribution is -2.43. The molecule has 3 nitrogen and oxygen atoms in total. The second kappa shape index (κ2) is 3.32. The fourth-order valence-corrected chi connectivity index (χ4v) is 2.17. The minimum atomic E-state index is 0.0439. The summed E-state index contributed by atoms with van der Waals surface area (Å²) in [4.78, 5) is 0. The van der Waals surface area contributed by atoms with Crippen LogP contribution in [0.25, 0.3) is 0 Å². The molecule has 0 saturated carbocycles. The lowest BCUT2D eigenvalue weighted by Gasteiger charge is -2.37. The normalized spacial score (nSPS) is 42.2. The van der Waals surface area contributed by atoms with Crippen LogP contribution in [-0.4, -0.2) is 31.5 Å². The van der Waals surface area contributed by atoms with Crippen LogP contribution < -0.4 is 5.73 Å². The average Bonchev–Trinajstić information content (AvgIpc) is 2.53. The van der Waals surface area contributed by atoms with Crippen molar-refractivity contribution in [1.82, 2.24) is 0 Å². The van der Waals surface area contributed by atoms with Gasteiger partial charge >= 0.3 is 0 Å². The third-order valence-corrected chi connectivity index (χ3v) is 2.91. The number of nitrogens with two attached hydrogens (primary N) is 1. The molecule has 2 atom stereocenters. The van der Waals surface area contributed by atoms with E-state index < -0.39 is 0 Å². The molecular formula is C9H17NO2. The molecule has 2 rings (SSSR count). The Kier molecular flexibility index (Phi) is 2.35. The predicted molar refractivity (Wildman–Crippen MR) is 45.9 cm³/mol. The summed E-state index contributed by atoms with van der Waals surface area (Å²) in [5.74, 6) is 0. The maximum Gasteiger partial charge on any atom is 0.0941 e. The highest BCUT2D eigenvalue weighted by atomic mass is 16.6. The summed E-state index contributed by atoms with van der Waals surface area (Å²) >= 11 is 0. The highest BCUT2D eigenvalue weighted by molar-refractivity contribution is 4.89. The van der Waals surface area contributed by atoms with Gasteiger partial charge in [-0.3, -0.25) is 0 Å². The van der Waals surface area contributed by atoms with Crippen LogP contribution in [0, 0.1) is 0 Å². The molecule has 0 bridgehead atoms. The lowest BCUT2D eigenvalue weighted by molar-refractivity contribution is -0.123. The van der Waals surface area contributed by atoms with Crippen molar-refractivity contribution in [1.29, 1.82) is 0 Å². The van der Waals surface area contributed by atoms with Gasteiger partial charge in [-0.15, -0.1) is 0 Å². The molecule has 2 aliphatic heterocycles. The Morgan fingerprint density at radius 2 is 2.33 bits per heavy atom. The van der Waals surface area contributed by atoms with E-state index in [1.165, 1.54) is 6.42 Å². The SMILES string of the molecule is NCC1CCCC2(CCOC2)O1. The quantitative estimate of drug-likeness (QED) is 0.630. The molecule has 70 valence electrons. The van der Waals surface area contributed by atoms with Gasteiger partial charge in [0, 0.05) is 19.6 Å². The standard InChI is InChI=1S/C9H17NO2/c10-6-8-2-1-3-9(12-8)4-5-11-7-9/h8H,1-7,10H2. The summed E-state index contributed by atoms with van der Waals surface area (Å²) in [7, 11) is 0. The van der Waals surface area contributed by atoms with Crippen LogP contribution in [0.15, 0.2) is 0 Å².